The first-order valence-corrected chi connectivity index (χ1v) is 8.57. The van der Waals surface area contributed by atoms with Crippen molar-refractivity contribution in [3.05, 3.63) is 65.9 Å². The first kappa shape index (κ1) is 16.2. The van der Waals surface area contributed by atoms with Crippen molar-refractivity contribution in [3.8, 4) is 0 Å². The van der Waals surface area contributed by atoms with Gasteiger partial charge in [-0.1, -0.05) is 30.3 Å². The van der Waals surface area contributed by atoms with Gasteiger partial charge in [-0.3, -0.25) is 4.79 Å². The Morgan fingerprint density at radius 2 is 2.04 bits per heavy atom. The zero-order chi connectivity index (χ0) is 18.1. The predicted octanol–water partition coefficient (Wildman–Crippen LogP) is 3.90. The Balaban J connectivity index is 1.64. The van der Waals surface area contributed by atoms with Crippen LogP contribution >= 0.6 is 0 Å². The van der Waals surface area contributed by atoms with Gasteiger partial charge in [0.15, 0.2) is 11.6 Å². The number of aromatic nitrogens is 3. The second kappa shape index (κ2) is 6.55. The number of ketones is 1. The van der Waals surface area contributed by atoms with Gasteiger partial charge in [0, 0.05) is 23.0 Å². The van der Waals surface area contributed by atoms with Crippen LogP contribution in [0.2, 0.25) is 0 Å². The number of carbonyl (C=O) groups excluding carboxylic acids is 1. The summed E-state index contributed by atoms with van der Waals surface area (Å²) < 4.78 is 0. The summed E-state index contributed by atoms with van der Waals surface area (Å²) in [6.07, 6.45) is 2.65. The fourth-order valence-corrected chi connectivity index (χ4v) is 3.32. The van der Waals surface area contributed by atoms with Crippen molar-refractivity contribution in [2.24, 2.45) is 0 Å². The molecule has 1 aromatic heterocycles. The first-order chi connectivity index (χ1) is 12.6. The highest BCUT2D eigenvalue weighted by molar-refractivity contribution is 5.95. The van der Waals surface area contributed by atoms with E-state index in [4.69, 9.17) is 0 Å². The molecule has 0 radical (unpaired) electrons. The maximum absolute atomic E-state index is 11.6. The fraction of sp³-hybridized carbons (Fsp3) is 0.200. The number of nitrogens with zero attached hydrogens (tertiary/aromatic N) is 4. The molecular formula is C20H19N5O. The number of rotatable bonds is 4. The van der Waals surface area contributed by atoms with Crippen LogP contribution in [0.5, 0.6) is 0 Å². The van der Waals surface area contributed by atoms with Gasteiger partial charge in [0.2, 0.25) is 5.95 Å². The minimum absolute atomic E-state index is 0.0175. The third-order valence-electron chi connectivity index (χ3n) is 4.53. The van der Waals surface area contributed by atoms with E-state index in [9.17, 15) is 4.79 Å². The largest absolute Gasteiger partial charge is 0.323 e. The number of benzene rings is 2. The molecule has 0 saturated heterocycles. The van der Waals surface area contributed by atoms with Gasteiger partial charge in [-0.15, -0.1) is 5.10 Å². The third-order valence-corrected chi connectivity index (χ3v) is 4.53. The molecule has 0 saturated carbocycles. The van der Waals surface area contributed by atoms with E-state index in [0.29, 0.717) is 17.6 Å². The Morgan fingerprint density at radius 1 is 1.19 bits per heavy atom. The van der Waals surface area contributed by atoms with Crippen molar-refractivity contribution in [1.82, 2.24) is 15.2 Å². The van der Waals surface area contributed by atoms with Crippen LogP contribution in [0.1, 0.15) is 29.8 Å². The molecule has 0 spiro atoms. The first-order valence-electron chi connectivity index (χ1n) is 8.57. The molecule has 130 valence electrons. The summed E-state index contributed by atoms with van der Waals surface area (Å²) >= 11 is 0. The maximum Gasteiger partial charge on any atom is 0.249 e. The zero-order valence-corrected chi connectivity index (χ0v) is 14.7. The van der Waals surface area contributed by atoms with E-state index in [0.717, 1.165) is 23.6 Å². The van der Waals surface area contributed by atoms with Gasteiger partial charge in [0.25, 0.3) is 0 Å². The van der Waals surface area contributed by atoms with Crippen LogP contribution in [0, 0.1) is 0 Å². The van der Waals surface area contributed by atoms with Gasteiger partial charge < -0.3 is 10.2 Å². The Kier molecular flexibility index (Phi) is 4.08. The van der Waals surface area contributed by atoms with Crippen molar-refractivity contribution < 1.29 is 4.79 Å². The number of carbonyl (C=O) groups is 1. The zero-order valence-electron chi connectivity index (χ0n) is 14.7. The number of para-hydroxylation sites is 1. The van der Waals surface area contributed by atoms with Crippen LogP contribution in [0.25, 0.3) is 0 Å². The van der Waals surface area contributed by atoms with Crippen molar-refractivity contribution in [1.29, 1.82) is 0 Å². The summed E-state index contributed by atoms with van der Waals surface area (Å²) in [6.45, 7) is 3.72. The predicted molar refractivity (Wildman–Crippen MR) is 101 cm³/mol. The van der Waals surface area contributed by atoms with Gasteiger partial charge in [-0.05, 0) is 44.0 Å². The molecule has 1 aliphatic rings. The van der Waals surface area contributed by atoms with Crippen LogP contribution in [0.4, 0.5) is 23.1 Å². The molecule has 6 nitrogen and oxygen atoms in total. The number of fused-ring (bicyclic) bond motifs is 1. The molecule has 0 fully saturated rings. The molecular weight excluding hydrogens is 326 g/mol. The van der Waals surface area contributed by atoms with Crippen molar-refractivity contribution in [3.63, 3.8) is 0 Å². The Labute approximate surface area is 151 Å². The van der Waals surface area contributed by atoms with Crippen LogP contribution in [0.15, 0.2) is 54.7 Å². The molecule has 1 aliphatic heterocycles. The highest BCUT2D eigenvalue weighted by atomic mass is 16.1. The SMILES string of the molecule is CC(=O)c1cccc(Nc2nncc(N3c4ccccc4CC3C)n2)c1. The van der Waals surface area contributed by atoms with Crippen LogP contribution in [0.3, 0.4) is 0 Å². The summed E-state index contributed by atoms with van der Waals surface area (Å²) in [6, 6.07) is 15.9. The highest BCUT2D eigenvalue weighted by Crippen LogP contribution is 2.37. The topological polar surface area (TPSA) is 71.0 Å². The summed E-state index contributed by atoms with van der Waals surface area (Å²) in [5.74, 6) is 1.17. The van der Waals surface area contributed by atoms with E-state index < -0.39 is 0 Å². The standard InChI is InChI=1S/C20H19N5O/c1-13-10-16-6-3-4-9-18(16)25(13)19-12-21-24-20(23-19)22-17-8-5-7-15(11-17)14(2)26/h3-9,11-13H,10H2,1-2H3,(H,22,23,24). The van der Waals surface area contributed by atoms with E-state index >= 15 is 0 Å². The lowest BCUT2D eigenvalue weighted by molar-refractivity contribution is 0.101. The summed E-state index contributed by atoms with van der Waals surface area (Å²) in [7, 11) is 0. The number of nitrogens with one attached hydrogen (secondary N) is 1. The lowest BCUT2D eigenvalue weighted by Gasteiger charge is -2.23. The molecule has 0 aliphatic carbocycles. The van der Waals surface area contributed by atoms with E-state index in [1.807, 2.05) is 18.2 Å². The molecule has 6 heteroatoms. The van der Waals surface area contributed by atoms with Crippen molar-refractivity contribution in [2.45, 2.75) is 26.3 Å². The van der Waals surface area contributed by atoms with E-state index in [1.165, 1.54) is 5.56 Å². The average Bonchev–Trinajstić information content (AvgIpc) is 2.98. The molecule has 3 aromatic rings. The van der Waals surface area contributed by atoms with E-state index in [2.05, 4.69) is 50.5 Å². The number of anilines is 4. The third kappa shape index (κ3) is 3.01. The smallest absolute Gasteiger partial charge is 0.249 e. The van der Waals surface area contributed by atoms with Gasteiger partial charge in [0.1, 0.15) is 0 Å². The minimum Gasteiger partial charge on any atom is -0.323 e. The quantitative estimate of drug-likeness (QED) is 0.723. The number of hydrogen-bond acceptors (Lipinski definition) is 6. The lowest BCUT2D eigenvalue weighted by Crippen LogP contribution is -2.25. The fourth-order valence-electron chi connectivity index (χ4n) is 3.32. The second-order valence-electron chi connectivity index (χ2n) is 6.45. The molecule has 2 aromatic carbocycles. The summed E-state index contributed by atoms with van der Waals surface area (Å²) in [4.78, 5) is 18.4. The average molecular weight is 345 g/mol. The van der Waals surface area contributed by atoms with Crippen LogP contribution in [-0.4, -0.2) is 27.0 Å². The highest BCUT2D eigenvalue weighted by Gasteiger charge is 2.28. The Hall–Kier alpha value is -3.28. The number of hydrogen-bond donors (Lipinski definition) is 1. The van der Waals surface area contributed by atoms with Gasteiger partial charge in [-0.25, -0.2) is 0 Å². The van der Waals surface area contributed by atoms with Crippen LogP contribution < -0.4 is 10.2 Å². The van der Waals surface area contributed by atoms with Gasteiger partial charge >= 0.3 is 0 Å². The molecule has 1 atom stereocenters. The summed E-state index contributed by atoms with van der Waals surface area (Å²) in [5, 5.41) is 11.3. The second-order valence-corrected chi connectivity index (χ2v) is 6.45. The van der Waals surface area contributed by atoms with Crippen LogP contribution in [-0.2, 0) is 6.42 Å². The molecule has 1 unspecified atom stereocenters. The van der Waals surface area contributed by atoms with Crippen molar-refractivity contribution in [2.75, 3.05) is 10.2 Å². The Morgan fingerprint density at radius 3 is 2.88 bits per heavy atom. The van der Waals surface area contributed by atoms with Gasteiger partial charge in [-0.2, -0.15) is 10.1 Å². The molecule has 26 heavy (non-hydrogen) atoms. The molecule has 2 heterocycles. The van der Waals surface area contributed by atoms with Crippen molar-refractivity contribution >= 4 is 28.9 Å². The molecule has 0 bridgehead atoms. The monoisotopic (exact) mass is 345 g/mol. The summed E-state index contributed by atoms with van der Waals surface area (Å²) in [5.41, 5.74) is 3.86. The normalized spacial score (nSPS) is 15.6. The lowest BCUT2D eigenvalue weighted by atomic mass is 10.1. The maximum atomic E-state index is 11.6. The number of Topliss-reactive ketones (excluding diaryl/α,β-unsaturated/α-hetero) is 1. The molecule has 1 N–H and O–H groups in total. The Bertz CT molecular complexity index is 972. The minimum atomic E-state index is 0.0175. The van der Waals surface area contributed by atoms with E-state index in [1.54, 1.807) is 25.3 Å². The van der Waals surface area contributed by atoms with E-state index in [-0.39, 0.29) is 5.78 Å². The molecule has 0 amide bonds. The van der Waals surface area contributed by atoms with Gasteiger partial charge in [0.05, 0.1) is 6.20 Å². The molecule has 4 rings (SSSR count).